The molecule has 1 aromatic heterocycles. The fraction of sp³-hybridized carbons (Fsp3) is 0.125. The number of anilines is 3. The summed E-state index contributed by atoms with van der Waals surface area (Å²) in [5.41, 5.74) is 8.38. The van der Waals surface area contributed by atoms with E-state index in [0.717, 1.165) is 22.7 Å². The third-order valence-electron chi connectivity index (χ3n) is 5.01. The first-order chi connectivity index (χ1) is 15.2. The summed E-state index contributed by atoms with van der Waals surface area (Å²) in [6.45, 7) is 1.95. The Morgan fingerprint density at radius 1 is 0.969 bits per heavy atom. The minimum absolute atomic E-state index is 0.0247. The molecule has 0 aliphatic carbocycles. The molecule has 1 heterocycles. The number of fused-ring (bicyclic) bond motifs is 1. The molecule has 0 fully saturated rings. The van der Waals surface area contributed by atoms with Gasteiger partial charge in [0.05, 0.1) is 5.56 Å². The first-order valence-electron chi connectivity index (χ1n) is 9.80. The number of aryl methyl sites for hydroxylation is 1. The molecule has 0 bridgehead atoms. The summed E-state index contributed by atoms with van der Waals surface area (Å²) in [7, 11) is 0. The number of carbonyl (C=O) groups excluding carboxylic acids is 1. The van der Waals surface area contributed by atoms with E-state index in [1.165, 1.54) is 19.1 Å². The third-order valence-corrected chi connectivity index (χ3v) is 5.01. The molecule has 164 valence electrons. The Morgan fingerprint density at radius 3 is 2.38 bits per heavy atom. The van der Waals surface area contributed by atoms with Gasteiger partial charge in [0.25, 0.3) is 5.91 Å². The number of rotatable bonds is 5. The first-order valence-corrected chi connectivity index (χ1v) is 9.80. The number of hydrogen-bond acceptors (Lipinski definition) is 4. The predicted octanol–water partition coefficient (Wildman–Crippen LogP) is 6.21. The fourth-order valence-electron chi connectivity index (χ4n) is 3.36. The van der Waals surface area contributed by atoms with Gasteiger partial charge < -0.3 is 20.8 Å². The summed E-state index contributed by atoms with van der Waals surface area (Å²) in [5.74, 6) is -0.482. The third kappa shape index (κ3) is 4.69. The van der Waals surface area contributed by atoms with Gasteiger partial charge in [-0.2, -0.15) is 13.2 Å². The van der Waals surface area contributed by atoms with Crippen LogP contribution in [0, 0.1) is 6.92 Å². The lowest BCUT2D eigenvalue weighted by atomic mass is 10.1. The lowest BCUT2D eigenvalue weighted by Gasteiger charge is -2.11. The molecule has 0 saturated heterocycles. The van der Waals surface area contributed by atoms with Crippen molar-refractivity contribution < 1.29 is 22.4 Å². The quantitative estimate of drug-likeness (QED) is 0.323. The van der Waals surface area contributed by atoms with Crippen LogP contribution >= 0.6 is 0 Å². The van der Waals surface area contributed by atoms with Crippen molar-refractivity contribution in [2.75, 3.05) is 16.4 Å². The molecule has 0 radical (unpaired) electrons. The van der Waals surface area contributed by atoms with Gasteiger partial charge in [0.2, 0.25) is 0 Å². The van der Waals surface area contributed by atoms with Crippen LogP contribution in [0.5, 0.6) is 0 Å². The molecular formula is C24H20F3N3O2. The Hall–Kier alpha value is -3.94. The van der Waals surface area contributed by atoms with E-state index >= 15 is 0 Å². The van der Waals surface area contributed by atoms with Crippen molar-refractivity contribution >= 4 is 33.9 Å². The number of halogens is 3. The summed E-state index contributed by atoms with van der Waals surface area (Å²) in [6.07, 6.45) is -4.44. The van der Waals surface area contributed by atoms with Crippen molar-refractivity contribution in [2.45, 2.75) is 19.6 Å². The van der Waals surface area contributed by atoms with Gasteiger partial charge in [-0.05, 0) is 72.6 Å². The number of furan rings is 1. The summed E-state index contributed by atoms with van der Waals surface area (Å²) >= 11 is 0. The fourth-order valence-corrected chi connectivity index (χ4v) is 3.36. The number of nitrogens with two attached hydrogens (primary N) is 1. The molecule has 0 spiro atoms. The van der Waals surface area contributed by atoms with Gasteiger partial charge in [-0.15, -0.1) is 0 Å². The van der Waals surface area contributed by atoms with Gasteiger partial charge in [-0.3, -0.25) is 4.79 Å². The monoisotopic (exact) mass is 439 g/mol. The SMILES string of the molecule is Cc1cc(NC(=O)c2cc3cc(NCc4ccc(N)cc4)ccc3o2)ccc1C(F)(F)F. The van der Waals surface area contributed by atoms with Crippen molar-refractivity contribution in [3.8, 4) is 0 Å². The van der Waals surface area contributed by atoms with E-state index in [4.69, 9.17) is 10.2 Å². The highest BCUT2D eigenvalue weighted by Crippen LogP contribution is 2.33. The maximum Gasteiger partial charge on any atom is 0.416 e. The number of amides is 1. The van der Waals surface area contributed by atoms with Crippen LogP contribution in [0.4, 0.5) is 30.2 Å². The largest absolute Gasteiger partial charge is 0.451 e. The van der Waals surface area contributed by atoms with Crippen LogP contribution < -0.4 is 16.4 Å². The van der Waals surface area contributed by atoms with Crippen molar-refractivity contribution in [3.05, 3.63) is 89.2 Å². The Morgan fingerprint density at radius 2 is 1.69 bits per heavy atom. The normalized spacial score (nSPS) is 11.5. The average molecular weight is 439 g/mol. The standard InChI is InChI=1S/C24H20F3N3O2/c1-14-10-19(6-8-20(14)24(25,26)27)30-23(31)22-12-16-11-18(7-9-21(16)32-22)29-13-15-2-4-17(28)5-3-15/h2-12,29H,13,28H2,1H3,(H,30,31). The van der Waals surface area contributed by atoms with Crippen molar-refractivity contribution in [1.29, 1.82) is 0 Å². The van der Waals surface area contributed by atoms with Crippen LogP contribution in [0.2, 0.25) is 0 Å². The number of alkyl halides is 3. The Balaban J connectivity index is 1.47. The highest BCUT2D eigenvalue weighted by molar-refractivity contribution is 6.04. The molecule has 0 aliphatic rings. The predicted molar refractivity (Wildman–Crippen MR) is 119 cm³/mol. The summed E-state index contributed by atoms with van der Waals surface area (Å²) < 4.78 is 44.3. The molecule has 0 atom stereocenters. The van der Waals surface area contributed by atoms with Gasteiger partial charge in [-0.25, -0.2) is 0 Å². The summed E-state index contributed by atoms with van der Waals surface area (Å²) in [5, 5.41) is 6.60. The van der Waals surface area contributed by atoms with Crippen LogP contribution in [-0.2, 0) is 12.7 Å². The Kier molecular flexibility index (Phi) is 5.52. The lowest BCUT2D eigenvalue weighted by molar-refractivity contribution is -0.138. The maximum atomic E-state index is 12.9. The second kappa shape index (κ2) is 8.30. The van der Waals surface area contributed by atoms with Gasteiger partial charge in [0.15, 0.2) is 5.76 Å². The van der Waals surface area contributed by atoms with E-state index in [2.05, 4.69) is 10.6 Å². The highest BCUT2D eigenvalue weighted by atomic mass is 19.4. The molecule has 8 heteroatoms. The van der Waals surface area contributed by atoms with Gasteiger partial charge in [0, 0.05) is 29.0 Å². The van der Waals surface area contributed by atoms with Gasteiger partial charge in [0.1, 0.15) is 5.58 Å². The highest BCUT2D eigenvalue weighted by Gasteiger charge is 2.32. The van der Waals surface area contributed by atoms with Crippen LogP contribution in [0.3, 0.4) is 0 Å². The van der Waals surface area contributed by atoms with Crippen molar-refractivity contribution in [3.63, 3.8) is 0 Å². The van der Waals surface area contributed by atoms with Crippen LogP contribution in [-0.4, -0.2) is 5.91 Å². The average Bonchev–Trinajstić information content (AvgIpc) is 3.16. The molecule has 5 nitrogen and oxygen atoms in total. The molecule has 3 aromatic carbocycles. The number of carbonyl (C=O) groups is 1. The van der Waals surface area contributed by atoms with E-state index in [1.54, 1.807) is 12.1 Å². The zero-order chi connectivity index (χ0) is 22.9. The van der Waals surface area contributed by atoms with E-state index in [9.17, 15) is 18.0 Å². The van der Waals surface area contributed by atoms with E-state index in [1.807, 2.05) is 36.4 Å². The minimum atomic E-state index is -4.44. The van der Waals surface area contributed by atoms with Gasteiger partial charge in [-0.1, -0.05) is 12.1 Å². The molecular weight excluding hydrogens is 419 g/mol. The van der Waals surface area contributed by atoms with E-state index < -0.39 is 17.6 Å². The Labute approximate surface area is 182 Å². The molecule has 0 aliphatic heterocycles. The molecule has 4 aromatic rings. The number of benzene rings is 3. The molecule has 0 saturated carbocycles. The first kappa shape index (κ1) is 21.3. The molecule has 4 rings (SSSR count). The van der Waals surface area contributed by atoms with Crippen LogP contribution in [0.25, 0.3) is 11.0 Å². The van der Waals surface area contributed by atoms with Crippen molar-refractivity contribution in [1.82, 2.24) is 0 Å². The summed E-state index contributed by atoms with van der Waals surface area (Å²) in [6, 6.07) is 18.0. The van der Waals surface area contributed by atoms with Gasteiger partial charge >= 0.3 is 6.18 Å². The van der Waals surface area contributed by atoms with E-state index in [-0.39, 0.29) is 17.0 Å². The lowest BCUT2D eigenvalue weighted by Crippen LogP contribution is -2.12. The Bertz CT molecular complexity index is 1280. The van der Waals surface area contributed by atoms with E-state index in [0.29, 0.717) is 17.8 Å². The number of hydrogen-bond donors (Lipinski definition) is 3. The number of nitrogens with one attached hydrogen (secondary N) is 2. The summed E-state index contributed by atoms with van der Waals surface area (Å²) in [4.78, 5) is 12.5. The maximum absolute atomic E-state index is 12.9. The van der Waals surface area contributed by atoms with Crippen LogP contribution in [0.1, 0.15) is 27.2 Å². The second-order valence-electron chi connectivity index (χ2n) is 7.44. The second-order valence-corrected chi connectivity index (χ2v) is 7.44. The van der Waals surface area contributed by atoms with Crippen molar-refractivity contribution in [2.24, 2.45) is 0 Å². The smallest absolute Gasteiger partial charge is 0.416 e. The zero-order valence-corrected chi connectivity index (χ0v) is 17.1. The molecule has 0 unspecified atom stereocenters. The zero-order valence-electron chi connectivity index (χ0n) is 17.1. The number of nitrogen functional groups attached to an aromatic ring is 1. The topological polar surface area (TPSA) is 80.3 Å². The molecule has 1 amide bonds. The molecule has 32 heavy (non-hydrogen) atoms. The van der Waals surface area contributed by atoms with Crippen LogP contribution in [0.15, 0.2) is 71.1 Å². The molecule has 4 N–H and O–H groups in total. The minimum Gasteiger partial charge on any atom is -0.451 e.